The largest absolute Gasteiger partial charge is 0.495 e. The molecule has 0 saturated carbocycles. The van der Waals surface area contributed by atoms with Crippen molar-refractivity contribution >= 4 is 27.7 Å². The van der Waals surface area contributed by atoms with Crippen LogP contribution in [0.3, 0.4) is 0 Å². The molecule has 0 aromatic heterocycles. The molecular weight excluding hydrogens is 386 g/mol. The third kappa shape index (κ3) is 4.39. The summed E-state index contributed by atoms with van der Waals surface area (Å²) in [5.74, 6) is -0.0898. The fraction of sp³-hybridized carbons (Fsp3) is 0.556. The van der Waals surface area contributed by atoms with E-state index in [0.717, 1.165) is 0 Å². The van der Waals surface area contributed by atoms with Gasteiger partial charge in [0.05, 0.1) is 24.8 Å². The molecule has 28 heavy (non-hydrogen) atoms. The van der Waals surface area contributed by atoms with Gasteiger partial charge in [-0.1, -0.05) is 13.8 Å². The number of methoxy groups -OCH3 is 2. The van der Waals surface area contributed by atoms with E-state index in [1.165, 1.54) is 41.6 Å². The van der Waals surface area contributed by atoms with Gasteiger partial charge < -0.3 is 14.8 Å². The molecule has 1 saturated heterocycles. The van der Waals surface area contributed by atoms with E-state index in [1.54, 1.807) is 13.8 Å². The molecular formula is C18H27N3O6S. The van der Waals surface area contributed by atoms with E-state index >= 15 is 0 Å². The molecule has 2 rings (SSSR count). The van der Waals surface area contributed by atoms with Crippen LogP contribution < -0.4 is 10.1 Å². The number of rotatable bonds is 7. The number of ether oxygens (including phenoxy) is 2. The Balaban J connectivity index is 2.32. The molecule has 0 spiro atoms. The summed E-state index contributed by atoms with van der Waals surface area (Å²) < 4.78 is 36.9. The Bertz CT molecular complexity index is 823. The minimum absolute atomic E-state index is 0.0588. The molecule has 1 aromatic rings. The molecule has 9 nitrogen and oxygen atoms in total. The van der Waals surface area contributed by atoms with Gasteiger partial charge in [0, 0.05) is 19.6 Å². The van der Waals surface area contributed by atoms with Crippen molar-refractivity contribution in [1.29, 1.82) is 0 Å². The predicted molar refractivity (Wildman–Crippen MR) is 104 cm³/mol. The van der Waals surface area contributed by atoms with Gasteiger partial charge >= 0.3 is 6.09 Å². The van der Waals surface area contributed by atoms with Crippen LogP contribution in [0.2, 0.25) is 0 Å². The highest BCUT2D eigenvalue weighted by Crippen LogP contribution is 2.30. The van der Waals surface area contributed by atoms with Crippen molar-refractivity contribution < 1.29 is 27.5 Å². The van der Waals surface area contributed by atoms with Gasteiger partial charge in [-0.25, -0.2) is 13.2 Å². The SMILES string of the molecule is CCN(CC)S(=O)(=O)c1ccc(OC)c(NC(=O)C2CCCN2C(=O)OC)c1. The lowest BCUT2D eigenvalue weighted by Gasteiger charge is -2.23. The molecule has 1 aliphatic heterocycles. The molecule has 1 N–H and O–H groups in total. The van der Waals surface area contributed by atoms with Crippen molar-refractivity contribution in [3.63, 3.8) is 0 Å². The zero-order valence-corrected chi connectivity index (χ0v) is 17.4. The van der Waals surface area contributed by atoms with Crippen LogP contribution in [0.5, 0.6) is 5.75 Å². The van der Waals surface area contributed by atoms with Gasteiger partial charge in [0.25, 0.3) is 0 Å². The zero-order valence-electron chi connectivity index (χ0n) is 16.6. The summed E-state index contributed by atoms with van der Waals surface area (Å²) in [5, 5.41) is 2.70. The smallest absolute Gasteiger partial charge is 0.410 e. The minimum atomic E-state index is -3.69. The normalized spacial score (nSPS) is 16.9. The number of likely N-dealkylation sites (tertiary alicyclic amines) is 1. The highest BCUT2D eigenvalue weighted by atomic mass is 32.2. The Kier molecular flexibility index (Phi) is 7.25. The van der Waals surface area contributed by atoms with Crippen molar-refractivity contribution in [2.24, 2.45) is 0 Å². The third-order valence-corrected chi connectivity index (χ3v) is 6.78. The van der Waals surface area contributed by atoms with Gasteiger partial charge in [0.1, 0.15) is 11.8 Å². The van der Waals surface area contributed by atoms with Gasteiger partial charge in [-0.2, -0.15) is 4.31 Å². The van der Waals surface area contributed by atoms with Gasteiger partial charge in [0.2, 0.25) is 15.9 Å². The molecule has 1 heterocycles. The molecule has 156 valence electrons. The standard InChI is InChI=1S/C18H27N3O6S/c1-5-20(6-2)28(24,25)13-9-10-16(26-3)14(12-13)19-17(22)15-8-7-11-21(15)18(23)27-4/h9-10,12,15H,5-8,11H2,1-4H3,(H,19,22). The van der Waals surface area contributed by atoms with E-state index in [2.05, 4.69) is 5.32 Å². The molecule has 1 aliphatic rings. The van der Waals surface area contributed by atoms with E-state index in [4.69, 9.17) is 9.47 Å². The average Bonchev–Trinajstić information content (AvgIpc) is 3.18. The van der Waals surface area contributed by atoms with Crippen LogP contribution in [0, 0.1) is 0 Å². The molecule has 1 atom stereocenters. The summed E-state index contributed by atoms with van der Waals surface area (Å²) in [6.45, 7) is 4.62. The Labute approximate surface area is 165 Å². The first-order valence-electron chi connectivity index (χ1n) is 9.13. The second kappa shape index (κ2) is 9.24. The number of carbonyl (C=O) groups is 2. The Morgan fingerprint density at radius 2 is 1.93 bits per heavy atom. The van der Waals surface area contributed by atoms with E-state index < -0.39 is 28.1 Å². The summed E-state index contributed by atoms with van der Waals surface area (Å²) in [5.41, 5.74) is 0.234. The Hall–Kier alpha value is -2.33. The average molecular weight is 413 g/mol. The van der Waals surface area contributed by atoms with Crippen LogP contribution >= 0.6 is 0 Å². The summed E-state index contributed by atoms with van der Waals surface area (Å²) in [7, 11) is -0.995. The maximum absolute atomic E-state index is 12.8. The number of nitrogens with zero attached hydrogens (tertiary/aromatic N) is 2. The van der Waals surface area contributed by atoms with Crippen molar-refractivity contribution in [3.8, 4) is 5.75 Å². The summed E-state index contributed by atoms with van der Waals surface area (Å²) in [4.78, 5) is 26.0. The lowest BCUT2D eigenvalue weighted by molar-refractivity contribution is -0.120. The highest BCUT2D eigenvalue weighted by molar-refractivity contribution is 7.89. The second-order valence-corrected chi connectivity index (χ2v) is 8.20. The highest BCUT2D eigenvalue weighted by Gasteiger charge is 2.35. The Morgan fingerprint density at radius 1 is 1.25 bits per heavy atom. The molecule has 2 amide bonds. The number of carbonyl (C=O) groups excluding carboxylic acids is 2. The first-order valence-corrected chi connectivity index (χ1v) is 10.6. The number of hydrogen-bond acceptors (Lipinski definition) is 6. The third-order valence-electron chi connectivity index (χ3n) is 4.74. The predicted octanol–water partition coefficient (Wildman–Crippen LogP) is 1.89. The number of amides is 2. The minimum Gasteiger partial charge on any atom is -0.495 e. The van der Waals surface area contributed by atoms with E-state index in [-0.39, 0.29) is 10.6 Å². The zero-order chi connectivity index (χ0) is 20.9. The van der Waals surface area contributed by atoms with Crippen molar-refractivity contribution in [1.82, 2.24) is 9.21 Å². The number of benzene rings is 1. The Morgan fingerprint density at radius 3 is 2.50 bits per heavy atom. The van der Waals surface area contributed by atoms with Gasteiger partial charge in [-0.15, -0.1) is 0 Å². The fourth-order valence-corrected chi connectivity index (χ4v) is 4.73. The van der Waals surface area contributed by atoms with Crippen LogP contribution in [0.4, 0.5) is 10.5 Å². The number of anilines is 1. The molecule has 0 aliphatic carbocycles. The number of nitrogens with one attached hydrogen (secondary N) is 1. The van der Waals surface area contributed by atoms with E-state index in [1.807, 2.05) is 0 Å². The number of sulfonamides is 1. The number of hydrogen-bond donors (Lipinski definition) is 1. The molecule has 10 heteroatoms. The van der Waals surface area contributed by atoms with Crippen LogP contribution in [-0.4, -0.2) is 69.5 Å². The van der Waals surface area contributed by atoms with Crippen molar-refractivity contribution in [2.75, 3.05) is 39.2 Å². The van der Waals surface area contributed by atoms with Crippen molar-refractivity contribution in [3.05, 3.63) is 18.2 Å². The maximum Gasteiger partial charge on any atom is 0.410 e. The molecule has 0 bridgehead atoms. The van der Waals surface area contributed by atoms with Crippen LogP contribution in [0.15, 0.2) is 23.1 Å². The monoisotopic (exact) mass is 413 g/mol. The molecule has 1 aromatic carbocycles. The van der Waals surface area contributed by atoms with E-state index in [0.29, 0.717) is 38.2 Å². The van der Waals surface area contributed by atoms with Gasteiger partial charge in [-0.05, 0) is 31.0 Å². The van der Waals surface area contributed by atoms with Crippen LogP contribution in [-0.2, 0) is 19.6 Å². The van der Waals surface area contributed by atoms with Gasteiger partial charge in [0.15, 0.2) is 0 Å². The molecule has 0 radical (unpaired) electrons. The summed E-state index contributed by atoms with van der Waals surface area (Å²) >= 11 is 0. The maximum atomic E-state index is 12.8. The topological polar surface area (TPSA) is 105 Å². The van der Waals surface area contributed by atoms with Crippen molar-refractivity contribution in [2.45, 2.75) is 37.6 Å². The molecule has 1 unspecified atom stereocenters. The van der Waals surface area contributed by atoms with E-state index in [9.17, 15) is 18.0 Å². The first-order chi connectivity index (χ1) is 13.3. The molecule has 1 fully saturated rings. The van der Waals surface area contributed by atoms with Gasteiger partial charge in [-0.3, -0.25) is 9.69 Å². The lowest BCUT2D eigenvalue weighted by atomic mass is 10.2. The quantitative estimate of drug-likeness (QED) is 0.732. The summed E-state index contributed by atoms with van der Waals surface area (Å²) in [6.07, 6.45) is 0.615. The first kappa shape index (κ1) is 22.0. The van der Waals surface area contributed by atoms with Crippen LogP contribution in [0.25, 0.3) is 0 Å². The lowest BCUT2D eigenvalue weighted by Crippen LogP contribution is -2.43. The second-order valence-electron chi connectivity index (χ2n) is 6.26. The summed E-state index contributed by atoms with van der Waals surface area (Å²) in [6, 6.07) is 3.64. The van der Waals surface area contributed by atoms with Crippen LogP contribution in [0.1, 0.15) is 26.7 Å². The fourth-order valence-electron chi connectivity index (χ4n) is 3.25.